The second-order valence-corrected chi connectivity index (χ2v) is 6.85. The number of rotatable bonds is 5. The van der Waals surface area contributed by atoms with Crippen molar-refractivity contribution in [1.29, 1.82) is 5.26 Å². The van der Waals surface area contributed by atoms with Gasteiger partial charge in [-0.15, -0.1) is 11.8 Å². The standard InChI is InChI=1S/C21H16N2OS/c22-12-19-18(15-7-3-1-4-8-15)11-20(16-9-5-2-6-10-16)23-21(19)25-14-17-13-24-17/h1-11,17H,13-14H2/t17-/m1/s1. The Morgan fingerprint density at radius 1 is 1.04 bits per heavy atom. The largest absolute Gasteiger partial charge is 0.372 e. The van der Waals surface area contributed by atoms with Crippen LogP contribution in [0.3, 0.4) is 0 Å². The Kier molecular flexibility index (Phi) is 4.51. The number of pyridine rings is 1. The molecule has 0 bridgehead atoms. The first kappa shape index (κ1) is 15.9. The molecule has 0 spiro atoms. The third-order valence-electron chi connectivity index (χ3n) is 4.06. The van der Waals surface area contributed by atoms with Crippen LogP contribution in [0.4, 0.5) is 0 Å². The van der Waals surface area contributed by atoms with E-state index in [-0.39, 0.29) is 0 Å². The van der Waals surface area contributed by atoms with Gasteiger partial charge in [-0.05, 0) is 11.6 Å². The molecule has 1 atom stereocenters. The number of benzene rings is 2. The third kappa shape index (κ3) is 3.58. The van der Waals surface area contributed by atoms with Gasteiger partial charge in [0.1, 0.15) is 11.1 Å². The van der Waals surface area contributed by atoms with Crippen molar-refractivity contribution in [2.45, 2.75) is 11.1 Å². The van der Waals surface area contributed by atoms with E-state index in [1.54, 1.807) is 11.8 Å². The Morgan fingerprint density at radius 3 is 2.28 bits per heavy atom. The highest BCUT2D eigenvalue weighted by Gasteiger charge is 2.24. The average molecular weight is 344 g/mol. The lowest BCUT2D eigenvalue weighted by atomic mass is 9.99. The van der Waals surface area contributed by atoms with E-state index in [9.17, 15) is 5.26 Å². The maximum absolute atomic E-state index is 9.77. The van der Waals surface area contributed by atoms with Gasteiger partial charge in [-0.2, -0.15) is 5.26 Å². The molecule has 4 heteroatoms. The highest BCUT2D eigenvalue weighted by molar-refractivity contribution is 7.99. The number of nitriles is 1. The van der Waals surface area contributed by atoms with Gasteiger partial charge in [0.2, 0.25) is 0 Å². The van der Waals surface area contributed by atoms with Crippen LogP contribution in [0.5, 0.6) is 0 Å². The molecule has 0 radical (unpaired) electrons. The first-order valence-corrected chi connectivity index (χ1v) is 9.14. The van der Waals surface area contributed by atoms with Crippen LogP contribution >= 0.6 is 11.8 Å². The maximum Gasteiger partial charge on any atom is 0.115 e. The van der Waals surface area contributed by atoms with E-state index >= 15 is 0 Å². The molecule has 122 valence electrons. The van der Waals surface area contributed by atoms with Gasteiger partial charge in [-0.25, -0.2) is 4.98 Å². The minimum atomic E-state index is 0.291. The van der Waals surface area contributed by atoms with Crippen LogP contribution in [-0.4, -0.2) is 23.4 Å². The molecule has 0 unspecified atom stereocenters. The molecule has 2 aromatic carbocycles. The average Bonchev–Trinajstić information content (AvgIpc) is 3.51. The van der Waals surface area contributed by atoms with Crippen molar-refractivity contribution >= 4 is 11.8 Å². The predicted octanol–water partition coefficient (Wildman–Crippen LogP) is 4.78. The summed E-state index contributed by atoms with van der Waals surface area (Å²) in [5.74, 6) is 0.828. The van der Waals surface area contributed by atoms with Gasteiger partial charge in [0, 0.05) is 16.9 Å². The van der Waals surface area contributed by atoms with E-state index in [0.717, 1.165) is 39.8 Å². The summed E-state index contributed by atoms with van der Waals surface area (Å²) in [6, 6.07) is 24.5. The summed E-state index contributed by atoms with van der Waals surface area (Å²) < 4.78 is 5.30. The Bertz CT molecular complexity index is 916. The van der Waals surface area contributed by atoms with Crippen LogP contribution in [0, 0.1) is 11.3 Å². The zero-order valence-electron chi connectivity index (χ0n) is 13.6. The van der Waals surface area contributed by atoms with Gasteiger partial charge in [0.05, 0.1) is 24.0 Å². The number of hydrogen-bond donors (Lipinski definition) is 0. The molecule has 0 aliphatic carbocycles. The molecule has 0 saturated carbocycles. The number of ether oxygens (including phenoxy) is 1. The number of epoxide rings is 1. The fourth-order valence-electron chi connectivity index (χ4n) is 2.67. The Morgan fingerprint density at radius 2 is 1.68 bits per heavy atom. The highest BCUT2D eigenvalue weighted by Crippen LogP contribution is 2.35. The summed E-state index contributed by atoms with van der Waals surface area (Å²) >= 11 is 1.60. The number of thioether (sulfide) groups is 1. The molecule has 1 aliphatic heterocycles. The fourth-order valence-corrected chi connectivity index (χ4v) is 3.67. The van der Waals surface area contributed by atoms with Crippen molar-refractivity contribution in [1.82, 2.24) is 4.98 Å². The summed E-state index contributed by atoms with van der Waals surface area (Å²) in [5, 5.41) is 10.5. The topological polar surface area (TPSA) is 49.2 Å². The van der Waals surface area contributed by atoms with Gasteiger partial charge < -0.3 is 4.74 Å². The molecule has 0 N–H and O–H groups in total. The molecule has 1 aromatic heterocycles. The number of hydrogen-bond acceptors (Lipinski definition) is 4. The van der Waals surface area contributed by atoms with E-state index in [4.69, 9.17) is 9.72 Å². The lowest BCUT2D eigenvalue weighted by Gasteiger charge is -2.12. The molecule has 0 amide bonds. The van der Waals surface area contributed by atoms with E-state index < -0.39 is 0 Å². The minimum Gasteiger partial charge on any atom is -0.372 e. The van der Waals surface area contributed by atoms with E-state index in [1.165, 1.54) is 0 Å². The van der Waals surface area contributed by atoms with Crippen molar-refractivity contribution in [2.75, 3.05) is 12.4 Å². The Balaban J connectivity index is 1.85. The SMILES string of the molecule is N#Cc1c(-c2ccccc2)cc(-c2ccccc2)nc1SC[C@H]1CO1. The molecule has 1 fully saturated rings. The van der Waals surface area contributed by atoms with Crippen molar-refractivity contribution in [3.8, 4) is 28.5 Å². The quantitative estimate of drug-likeness (QED) is 0.494. The normalized spacial score (nSPS) is 15.6. The zero-order chi connectivity index (χ0) is 17.1. The van der Waals surface area contributed by atoms with E-state index in [1.807, 2.05) is 66.7 Å². The van der Waals surface area contributed by atoms with Crippen molar-refractivity contribution in [2.24, 2.45) is 0 Å². The molecular formula is C21H16N2OS. The monoisotopic (exact) mass is 344 g/mol. The molecule has 1 aliphatic rings. The van der Waals surface area contributed by atoms with Gasteiger partial charge in [-0.3, -0.25) is 0 Å². The highest BCUT2D eigenvalue weighted by atomic mass is 32.2. The molecule has 3 aromatic rings. The molecule has 25 heavy (non-hydrogen) atoms. The maximum atomic E-state index is 9.77. The predicted molar refractivity (Wildman–Crippen MR) is 100 cm³/mol. The second-order valence-electron chi connectivity index (χ2n) is 5.85. The second kappa shape index (κ2) is 7.10. The lowest BCUT2D eigenvalue weighted by molar-refractivity contribution is 0.426. The van der Waals surface area contributed by atoms with Gasteiger partial charge >= 0.3 is 0 Å². The van der Waals surface area contributed by atoms with Gasteiger partial charge in [0.15, 0.2) is 0 Å². The molecule has 1 saturated heterocycles. The van der Waals surface area contributed by atoms with Gasteiger partial charge in [-0.1, -0.05) is 60.7 Å². The smallest absolute Gasteiger partial charge is 0.115 e. The molecule has 2 heterocycles. The van der Waals surface area contributed by atoms with Crippen LogP contribution in [0.25, 0.3) is 22.4 Å². The molecule has 3 nitrogen and oxygen atoms in total. The van der Waals surface area contributed by atoms with Crippen molar-refractivity contribution in [3.05, 3.63) is 72.3 Å². The number of aromatic nitrogens is 1. The van der Waals surface area contributed by atoms with Crippen LogP contribution in [-0.2, 0) is 4.74 Å². The third-order valence-corrected chi connectivity index (χ3v) is 5.17. The van der Waals surface area contributed by atoms with E-state index in [0.29, 0.717) is 11.7 Å². The molecular weight excluding hydrogens is 328 g/mol. The zero-order valence-corrected chi connectivity index (χ0v) is 14.4. The van der Waals surface area contributed by atoms with Crippen molar-refractivity contribution < 1.29 is 4.74 Å². The van der Waals surface area contributed by atoms with Gasteiger partial charge in [0.25, 0.3) is 0 Å². The van der Waals surface area contributed by atoms with Crippen LogP contribution in [0.15, 0.2) is 71.8 Å². The summed E-state index contributed by atoms with van der Waals surface area (Å²) in [7, 11) is 0. The summed E-state index contributed by atoms with van der Waals surface area (Å²) in [4.78, 5) is 4.78. The number of nitrogens with zero attached hydrogens (tertiary/aromatic N) is 2. The van der Waals surface area contributed by atoms with Crippen LogP contribution in [0.1, 0.15) is 5.56 Å². The Hall–Kier alpha value is -2.61. The van der Waals surface area contributed by atoms with Crippen LogP contribution in [0.2, 0.25) is 0 Å². The lowest BCUT2D eigenvalue weighted by Crippen LogP contribution is -1.98. The Labute approximate surface area is 151 Å². The van der Waals surface area contributed by atoms with Crippen LogP contribution < -0.4 is 0 Å². The van der Waals surface area contributed by atoms with Crippen molar-refractivity contribution in [3.63, 3.8) is 0 Å². The first-order valence-electron chi connectivity index (χ1n) is 8.15. The molecule has 4 rings (SSSR count). The summed E-state index contributed by atoms with van der Waals surface area (Å²) in [6.07, 6.45) is 0.291. The van der Waals surface area contributed by atoms with E-state index in [2.05, 4.69) is 6.07 Å². The summed E-state index contributed by atoms with van der Waals surface area (Å²) in [6.45, 7) is 0.804. The first-order chi connectivity index (χ1) is 12.3. The fraction of sp³-hybridized carbons (Fsp3) is 0.143. The summed E-state index contributed by atoms with van der Waals surface area (Å²) in [5.41, 5.74) is 4.53. The minimum absolute atomic E-state index is 0.291.